The van der Waals surface area contributed by atoms with Gasteiger partial charge in [0.25, 0.3) is 0 Å². The summed E-state index contributed by atoms with van der Waals surface area (Å²) in [6, 6.07) is 4.78. The molecular weight excluding hydrogens is 221 g/mol. The number of aryl methyl sites for hydroxylation is 1. The molecule has 3 N–H and O–H groups in total. The van der Waals surface area contributed by atoms with Crippen molar-refractivity contribution in [2.24, 2.45) is 0 Å². The second kappa shape index (κ2) is 3.35. The third-order valence-electron chi connectivity index (χ3n) is 2.73. The van der Waals surface area contributed by atoms with E-state index in [1.165, 1.54) is 12.5 Å². The molecule has 3 aromatic rings. The first-order chi connectivity index (χ1) is 8.15. The quantitative estimate of drug-likeness (QED) is 0.633. The molecular formula is C12H10FN3O. The third kappa shape index (κ3) is 1.47. The number of hydrogen-bond donors (Lipinski definition) is 2. The molecule has 0 amide bonds. The standard InChI is InChI=1S/C12H10FN3O/c1-6-12(17-5-15-6)11-3-7-2-8(13)9(14)4-10(7)16-11/h2-5,16H,14H2,1H3. The lowest BCUT2D eigenvalue weighted by molar-refractivity contribution is 0.570. The predicted octanol–water partition coefficient (Wildman–Crippen LogP) is 2.85. The normalized spacial score (nSPS) is 11.2. The number of H-pyrrole nitrogens is 1. The number of anilines is 1. The summed E-state index contributed by atoms with van der Waals surface area (Å²) in [6.45, 7) is 1.85. The Hall–Kier alpha value is -2.30. The Bertz CT molecular complexity index is 660. The average Bonchev–Trinajstić information content (AvgIpc) is 2.85. The van der Waals surface area contributed by atoms with Gasteiger partial charge in [0, 0.05) is 10.9 Å². The van der Waals surface area contributed by atoms with E-state index in [4.69, 9.17) is 10.2 Å². The Morgan fingerprint density at radius 3 is 2.88 bits per heavy atom. The molecule has 0 spiro atoms. The molecule has 0 unspecified atom stereocenters. The largest absolute Gasteiger partial charge is 0.442 e. The minimum atomic E-state index is -0.419. The highest BCUT2D eigenvalue weighted by atomic mass is 19.1. The fraction of sp³-hybridized carbons (Fsp3) is 0.0833. The Morgan fingerprint density at radius 2 is 2.18 bits per heavy atom. The monoisotopic (exact) mass is 231 g/mol. The van der Waals surface area contributed by atoms with Gasteiger partial charge in [0.05, 0.1) is 17.1 Å². The molecule has 86 valence electrons. The Kier molecular flexibility index (Phi) is 1.95. The molecule has 0 bridgehead atoms. The van der Waals surface area contributed by atoms with Crippen molar-refractivity contribution in [1.82, 2.24) is 9.97 Å². The zero-order chi connectivity index (χ0) is 12.0. The number of fused-ring (bicyclic) bond motifs is 1. The summed E-state index contributed by atoms with van der Waals surface area (Å²) in [5, 5.41) is 0.752. The van der Waals surface area contributed by atoms with E-state index >= 15 is 0 Å². The van der Waals surface area contributed by atoms with Crippen LogP contribution in [-0.2, 0) is 0 Å². The van der Waals surface area contributed by atoms with Gasteiger partial charge in [-0.15, -0.1) is 0 Å². The lowest BCUT2D eigenvalue weighted by Gasteiger charge is -1.95. The molecule has 0 aliphatic carbocycles. The number of nitrogen functional groups attached to an aromatic ring is 1. The summed E-state index contributed by atoms with van der Waals surface area (Å²) in [7, 11) is 0. The second-order valence-electron chi connectivity index (χ2n) is 3.91. The SMILES string of the molecule is Cc1ncoc1-c1cc2cc(F)c(N)cc2[nH]1. The van der Waals surface area contributed by atoms with Gasteiger partial charge in [-0.1, -0.05) is 0 Å². The van der Waals surface area contributed by atoms with E-state index in [1.807, 2.05) is 13.0 Å². The fourth-order valence-electron chi connectivity index (χ4n) is 1.85. The summed E-state index contributed by atoms with van der Waals surface area (Å²) in [5.41, 5.74) is 7.96. The number of nitrogens with two attached hydrogens (primary N) is 1. The summed E-state index contributed by atoms with van der Waals surface area (Å²) in [5.74, 6) is 0.234. The van der Waals surface area contributed by atoms with Crippen LogP contribution in [0.2, 0.25) is 0 Å². The van der Waals surface area contributed by atoms with Crippen LogP contribution in [0.4, 0.5) is 10.1 Å². The number of hydrogen-bond acceptors (Lipinski definition) is 3. The highest BCUT2D eigenvalue weighted by Crippen LogP contribution is 2.28. The van der Waals surface area contributed by atoms with Crippen LogP contribution in [0.15, 0.2) is 29.0 Å². The lowest BCUT2D eigenvalue weighted by Crippen LogP contribution is -1.89. The number of oxazole rings is 1. The molecule has 5 heteroatoms. The van der Waals surface area contributed by atoms with Gasteiger partial charge in [-0.3, -0.25) is 0 Å². The summed E-state index contributed by atoms with van der Waals surface area (Å²) in [6.07, 6.45) is 1.38. The van der Waals surface area contributed by atoms with E-state index in [9.17, 15) is 4.39 Å². The van der Waals surface area contributed by atoms with Crippen molar-refractivity contribution in [2.45, 2.75) is 6.92 Å². The number of aromatic nitrogens is 2. The first kappa shape index (κ1) is 9.89. The van der Waals surface area contributed by atoms with E-state index in [0.717, 1.165) is 22.3 Å². The molecule has 17 heavy (non-hydrogen) atoms. The van der Waals surface area contributed by atoms with Crippen LogP contribution >= 0.6 is 0 Å². The Morgan fingerprint density at radius 1 is 1.35 bits per heavy atom. The number of rotatable bonds is 1. The molecule has 0 saturated carbocycles. The third-order valence-corrected chi connectivity index (χ3v) is 2.73. The van der Waals surface area contributed by atoms with Gasteiger partial charge >= 0.3 is 0 Å². The van der Waals surface area contributed by atoms with E-state index < -0.39 is 5.82 Å². The van der Waals surface area contributed by atoms with E-state index in [2.05, 4.69) is 9.97 Å². The summed E-state index contributed by atoms with van der Waals surface area (Å²) in [4.78, 5) is 7.14. The van der Waals surface area contributed by atoms with Gasteiger partial charge in [-0.05, 0) is 25.1 Å². The van der Waals surface area contributed by atoms with E-state index in [-0.39, 0.29) is 5.69 Å². The Labute approximate surface area is 96.3 Å². The minimum Gasteiger partial charge on any atom is -0.442 e. The van der Waals surface area contributed by atoms with Crippen LogP contribution in [0.1, 0.15) is 5.69 Å². The molecule has 0 atom stereocenters. The molecule has 0 fully saturated rings. The maximum Gasteiger partial charge on any atom is 0.181 e. The zero-order valence-corrected chi connectivity index (χ0v) is 9.12. The summed E-state index contributed by atoms with van der Waals surface area (Å²) >= 11 is 0. The average molecular weight is 231 g/mol. The maximum atomic E-state index is 13.3. The number of nitrogens with one attached hydrogen (secondary N) is 1. The van der Waals surface area contributed by atoms with Gasteiger partial charge in [-0.2, -0.15) is 0 Å². The second-order valence-corrected chi connectivity index (χ2v) is 3.91. The molecule has 0 saturated heterocycles. The maximum absolute atomic E-state index is 13.3. The molecule has 0 radical (unpaired) electrons. The number of nitrogens with zero attached hydrogens (tertiary/aromatic N) is 1. The van der Waals surface area contributed by atoms with Crippen molar-refractivity contribution in [2.75, 3.05) is 5.73 Å². The van der Waals surface area contributed by atoms with Gasteiger partial charge in [-0.25, -0.2) is 9.37 Å². The number of aromatic amines is 1. The number of benzene rings is 1. The van der Waals surface area contributed by atoms with Crippen LogP contribution in [0.5, 0.6) is 0 Å². The van der Waals surface area contributed by atoms with Crippen molar-refractivity contribution in [3.8, 4) is 11.5 Å². The lowest BCUT2D eigenvalue weighted by atomic mass is 10.2. The zero-order valence-electron chi connectivity index (χ0n) is 9.12. The fourth-order valence-corrected chi connectivity index (χ4v) is 1.85. The topological polar surface area (TPSA) is 67.8 Å². The Balaban J connectivity index is 2.24. The van der Waals surface area contributed by atoms with Gasteiger partial charge in [0.1, 0.15) is 5.82 Å². The van der Waals surface area contributed by atoms with Crippen LogP contribution in [0, 0.1) is 12.7 Å². The van der Waals surface area contributed by atoms with Crippen LogP contribution in [0.3, 0.4) is 0 Å². The highest BCUT2D eigenvalue weighted by molar-refractivity contribution is 5.87. The smallest absolute Gasteiger partial charge is 0.181 e. The van der Waals surface area contributed by atoms with E-state index in [0.29, 0.717) is 5.76 Å². The van der Waals surface area contributed by atoms with Crippen LogP contribution in [-0.4, -0.2) is 9.97 Å². The molecule has 2 heterocycles. The molecule has 0 aliphatic heterocycles. The van der Waals surface area contributed by atoms with Crippen molar-refractivity contribution in [3.63, 3.8) is 0 Å². The number of halogens is 1. The van der Waals surface area contributed by atoms with Crippen molar-refractivity contribution in [3.05, 3.63) is 36.1 Å². The van der Waals surface area contributed by atoms with Gasteiger partial charge in [0.15, 0.2) is 12.2 Å². The highest BCUT2D eigenvalue weighted by Gasteiger charge is 2.11. The summed E-state index contributed by atoms with van der Waals surface area (Å²) < 4.78 is 18.6. The predicted molar refractivity (Wildman–Crippen MR) is 62.9 cm³/mol. The van der Waals surface area contributed by atoms with E-state index in [1.54, 1.807) is 6.07 Å². The van der Waals surface area contributed by atoms with Crippen molar-refractivity contribution in [1.29, 1.82) is 0 Å². The molecule has 2 aromatic heterocycles. The first-order valence-electron chi connectivity index (χ1n) is 5.13. The molecule has 3 rings (SSSR count). The molecule has 4 nitrogen and oxygen atoms in total. The van der Waals surface area contributed by atoms with Crippen molar-refractivity contribution >= 4 is 16.6 Å². The molecule has 1 aromatic carbocycles. The van der Waals surface area contributed by atoms with Crippen LogP contribution < -0.4 is 5.73 Å². The molecule has 0 aliphatic rings. The van der Waals surface area contributed by atoms with Crippen molar-refractivity contribution < 1.29 is 8.81 Å². The van der Waals surface area contributed by atoms with Gasteiger partial charge in [0.2, 0.25) is 0 Å². The minimum absolute atomic E-state index is 0.125. The first-order valence-corrected chi connectivity index (χ1v) is 5.13. The van der Waals surface area contributed by atoms with Crippen LogP contribution in [0.25, 0.3) is 22.4 Å². The van der Waals surface area contributed by atoms with Gasteiger partial charge < -0.3 is 15.1 Å².